The highest BCUT2D eigenvalue weighted by Gasteiger charge is 2.19. The molecule has 0 spiro atoms. The van der Waals surface area contributed by atoms with Gasteiger partial charge in [0.1, 0.15) is 0 Å². The predicted molar refractivity (Wildman–Crippen MR) is 72.7 cm³/mol. The monoisotopic (exact) mass is 255 g/mol. The summed E-state index contributed by atoms with van der Waals surface area (Å²) in [4.78, 5) is 0. The van der Waals surface area contributed by atoms with E-state index in [2.05, 4.69) is 11.6 Å². The number of benzene rings is 1. The molecule has 3 nitrogen and oxygen atoms in total. The summed E-state index contributed by atoms with van der Waals surface area (Å²) in [6.07, 6.45) is 2.51. The SMILES string of the molecule is CCC[C@H](C)S(=O)(=O)Nc1ccc(CC)cc1. The number of nitrogens with one attached hydrogen (secondary N) is 1. The summed E-state index contributed by atoms with van der Waals surface area (Å²) in [5, 5.41) is -0.349. The Morgan fingerprint density at radius 3 is 2.24 bits per heavy atom. The van der Waals surface area contributed by atoms with Gasteiger partial charge in [-0.25, -0.2) is 8.42 Å². The molecule has 1 N–H and O–H groups in total. The van der Waals surface area contributed by atoms with Gasteiger partial charge in [0.05, 0.1) is 5.25 Å². The van der Waals surface area contributed by atoms with E-state index in [1.807, 2.05) is 31.2 Å². The largest absolute Gasteiger partial charge is 0.283 e. The van der Waals surface area contributed by atoms with Crippen LogP contribution in [0.1, 0.15) is 39.2 Å². The molecule has 0 bridgehead atoms. The van der Waals surface area contributed by atoms with E-state index < -0.39 is 10.0 Å². The third-order valence-electron chi connectivity index (χ3n) is 2.85. The fourth-order valence-corrected chi connectivity index (χ4v) is 2.85. The highest BCUT2D eigenvalue weighted by atomic mass is 32.2. The second-order valence-corrected chi connectivity index (χ2v) is 6.40. The third-order valence-corrected chi connectivity index (χ3v) is 4.66. The summed E-state index contributed by atoms with van der Waals surface area (Å²) in [7, 11) is -3.25. The maximum Gasteiger partial charge on any atom is 0.235 e. The van der Waals surface area contributed by atoms with Gasteiger partial charge in [-0.3, -0.25) is 4.72 Å². The maximum absolute atomic E-state index is 11.9. The molecule has 1 atom stereocenters. The normalized spacial score (nSPS) is 13.4. The Kier molecular flexibility index (Phi) is 5.00. The summed E-state index contributed by atoms with van der Waals surface area (Å²) in [5.74, 6) is 0. The molecule has 0 heterocycles. The molecule has 0 amide bonds. The molecule has 0 saturated carbocycles. The minimum absolute atomic E-state index is 0.349. The Labute approximate surface area is 104 Å². The molecule has 1 aromatic rings. The number of anilines is 1. The molecule has 0 aliphatic heterocycles. The van der Waals surface area contributed by atoms with Crippen LogP contribution in [0, 0.1) is 0 Å². The van der Waals surface area contributed by atoms with Crippen molar-refractivity contribution in [2.24, 2.45) is 0 Å². The van der Waals surface area contributed by atoms with E-state index in [1.165, 1.54) is 5.56 Å². The fraction of sp³-hybridized carbons (Fsp3) is 0.538. The Bertz CT molecular complexity index is 437. The van der Waals surface area contributed by atoms with Gasteiger partial charge in [-0.15, -0.1) is 0 Å². The highest BCUT2D eigenvalue weighted by molar-refractivity contribution is 7.93. The van der Waals surface area contributed by atoms with E-state index in [0.29, 0.717) is 12.1 Å². The molecule has 0 radical (unpaired) electrons. The number of aryl methyl sites for hydroxylation is 1. The molecule has 0 aromatic heterocycles. The smallest absolute Gasteiger partial charge is 0.235 e. The van der Waals surface area contributed by atoms with E-state index >= 15 is 0 Å². The summed E-state index contributed by atoms with van der Waals surface area (Å²) in [6, 6.07) is 7.52. The molecule has 0 aliphatic carbocycles. The first-order valence-corrected chi connectivity index (χ1v) is 7.64. The van der Waals surface area contributed by atoms with Crippen molar-refractivity contribution in [3.63, 3.8) is 0 Å². The second-order valence-electron chi connectivity index (χ2n) is 4.30. The van der Waals surface area contributed by atoms with Gasteiger partial charge in [-0.2, -0.15) is 0 Å². The summed E-state index contributed by atoms with van der Waals surface area (Å²) < 4.78 is 26.5. The molecule has 0 aliphatic rings. The van der Waals surface area contributed by atoms with Crippen molar-refractivity contribution < 1.29 is 8.42 Å². The van der Waals surface area contributed by atoms with Crippen LogP contribution in [0.4, 0.5) is 5.69 Å². The lowest BCUT2D eigenvalue weighted by molar-refractivity contribution is 0.581. The molecule has 0 unspecified atom stereocenters. The van der Waals surface area contributed by atoms with E-state index in [9.17, 15) is 8.42 Å². The standard InChI is InChI=1S/C13H21NO2S/c1-4-6-11(3)17(15,16)14-13-9-7-12(5-2)8-10-13/h7-11,14H,4-6H2,1-3H3/t11-/m0/s1. The van der Waals surface area contributed by atoms with Crippen LogP contribution in [0.2, 0.25) is 0 Å². The van der Waals surface area contributed by atoms with Crippen molar-refractivity contribution in [2.45, 2.75) is 45.3 Å². The van der Waals surface area contributed by atoms with Crippen molar-refractivity contribution in [3.05, 3.63) is 29.8 Å². The van der Waals surface area contributed by atoms with E-state index in [0.717, 1.165) is 12.8 Å². The molecule has 1 aromatic carbocycles. The predicted octanol–water partition coefficient (Wildman–Crippen LogP) is 3.18. The minimum atomic E-state index is -3.25. The van der Waals surface area contributed by atoms with Crippen LogP contribution in [0.15, 0.2) is 24.3 Å². The first-order valence-electron chi connectivity index (χ1n) is 6.10. The number of hydrogen-bond acceptors (Lipinski definition) is 2. The van der Waals surface area contributed by atoms with Crippen LogP contribution >= 0.6 is 0 Å². The second kappa shape index (κ2) is 6.05. The molecule has 96 valence electrons. The van der Waals surface area contributed by atoms with Gasteiger partial charge in [-0.1, -0.05) is 32.4 Å². The average Bonchev–Trinajstić information content (AvgIpc) is 2.30. The minimum Gasteiger partial charge on any atom is -0.283 e. The molecule has 0 saturated heterocycles. The zero-order valence-corrected chi connectivity index (χ0v) is 11.5. The van der Waals surface area contributed by atoms with Crippen molar-refractivity contribution in [2.75, 3.05) is 4.72 Å². The topological polar surface area (TPSA) is 46.2 Å². The van der Waals surface area contributed by atoms with Gasteiger partial charge < -0.3 is 0 Å². The first kappa shape index (κ1) is 14.0. The number of rotatable bonds is 6. The van der Waals surface area contributed by atoms with Crippen LogP contribution in [0.3, 0.4) is 0 Å². The zero-order valence-electron chi connectivity index (χ0n) is 10.7. The third kappa shape index (κ3) is 4.04. The van der Waals surface area contributed by atoms with Gasteiger partial charge in [0.25, 0.3) is 0 Å². The lowest BCUT2D eigenvalue weighted by Gasteiger charge is -2.14. The zero-order chi connectivity index (χ0) is 12.9. The lowest BCUT2D eigenvalue weighted by Crippen LogP contribution is -2.25. The molecule has 4 heteroatoms. The van der Waals surface area contributed by atoms with Gasteiger partial charge in [0.2, 0.25) is 10.0 Å². The van der Waals surface area contributed by atoms with Crippen molar-refractivity contribution >= 4 is 15.7 Å². The van der Waals surface area contributed by atoms with Crippen LogP contribution in [0.25, 0.3) is 0 Å². The van der Waals surface area contributed by atoms with Crippen LogP contribution < -0.4 is 4.72 Å². The molecule has 17 heavy (non-hydrogen) atoms. The first-order chi connectivity index (χ1) is 7.99. The quantitative estimate of drug-likeness (QED) is 0.848. The summed E-state index contributed by atoms with van der Waals surface area (Å²) in [6.45, 7) is 5.80. The van der Waals surface area contributed by atoms with E-state index in [1.54, 1.807) is 6.92 Å². The van der Waals surface area contributed by atoms with Crippen molar-refractivity contribution in [3.8, 4) is 0 Å². The van der Waals surface area contributed by atoms with Gasteiger partial charge in [0.15, 0.2) is 0 Å². The highest BCUT2D eigenvalue weighted by Crippen LogP contribution is 2.15. The maximum atomic E-state index is 11.9. The number of hydrogen-bond donors (Lipinski definition) is 1. The molecule has 1 rings (SSSR count). The van der Waals surface area contributed by atoms with Crippen molar-refractivity contribution in [1.29, 1.82) is 0 Å². The van der Waals surface area contributed by atoms with Crippen LogP contribution in [-0.2, 0) is 16.4 Å². The Hall–Kier alpha value is -1.03. The molecule has 0 fully saturated rings. The number of sulfonamides is 1. The van der Waals surface area contributed by atoms with Gasteiger partial charge in [0, 0.05) is 5.69 Å². The fourth-order valence-electron chi connectivity index (χ4n) is 1.64. The van der Waals surface area contributed by atoms with Gasteiger partial charge in [-0.05, 0) is 37.5 Å². The average molecular weight is 255 g/mol. The summed E-state index contributed by atoms with van der Waals surface area (Å²) in [5.41, 5.74) is 1.85. The summed E-state index contributed by atoms with van der Waals surface area (Å²) >= 11 is 0. The Balaban J connectivity index is 2.75. The van der Waals surface area contributed by atoms with Crippen molar-refractivity contribution in [1.82, 2.24) is 0 Å². The van der Waals surface area contributed by atoms with Crippen LogP contribution in [0.5, 0.6) is 0 Å². The molecular formula is C13H21NO2S. The van der Waals surface area contributed by atoms with Crippen LogP contribution in [-0.4, -0.2) is 13.7 Å². The lowest BCUT2D eigenvalue weighted by atomic mass is 10.2. The van der Waals surface area contributed by atoms with E-state index in [-0.39, 0.29) is 5.25 Å². The Morgan fingerprint density at radius 2 is 1.76 bits per heavy atom. The van der Waals surface area contributed by atoms with E-state index in [4.69, 9.17) is 0 Å². The molecular weight excluding hydrogens is 234 g/mol. The van der Waals surface area contributed by atoms with Gasteiger partial charge >= 0.3 is 0 Å². The Morgan fingerprint density at radius 1 is 1.18 bits per heavy atom.